The molecular weight excluding hydrogens is 430 g/mol. The molecule has 1 atom stereocenters. The maximum absolute atomic E-state index is 13.5. The van der Waals surface area contributed by atoms with Gasteiger partial charge in [0, 0.05) is 25.7 Å². The third kappa shape index (κ3) is 5.47. The monoisotopic (exact) mass is 461 g/mol. The van der Waals surface area contributed by atoms with Crippen LogP contribution in [0.1, 0.15) is 51.9 Å². The minimum Gasteiger partial charge on any atom is -0.491 e. The Morgan fingerprint density at radius 2 is 1.79 bits per heavy atom. The summed E-state index contributed by atoms with van der Waals surface area (Å²) in [7, 11) is 0. The average molecular weight is 462 g/mol. The van der Waals surface area contributed by atoms with E-state index in [4.69, 9.17) is 9.26 Å². The molecule has 3 aromatic rings. The lowest BCUT2D eigenvalue weighted by atomic mass is 10.0. The highest BCUT2D eigenvalue weighted by molar-refractivity contribution is 5.97. The second-order valence-corrected chi connectivity index (χ2v) is 8.56. The molecule has 2 amide bonds. The number of carbonyl (C=O) groups excluding carboxylic acids is 2. The highest BCUT2D eigenvalue weighted by Crippen LogP contribution is 2.23. The van der Waals surface area contributed by atoms with E-state index < -0.39 is 0 Å². The van der Waals surface area contributed by atoms with Crippen molar-refractivity contribution < 1.29 is 18.8 Å². The normalized spacial score (nSPS) is 17.4. The van der Waals surface area contributed by atoms with Crippen molar-refractivity contribution in [2.24, 2.45) is 0 Å². The Hall–Kier alpha value is -3.61. The lowest BCUT2D eigenvalue weighted by Crippen LogP contribution is -2.46. The number of carbonyl (C=O) groups is 2. The van der Waals surface area contributed by atoms with Gasteiger partial charge in [-0.1, -0.05) is 47.6 Å². The van der Waals surface area contributed by atoms with Gasteiger partial charge in [-0.3, -0.25) is 9.59 Å². The number of ether oxygens (including phenoxy) is 1. The molecular formula is C27H31N3O4. The minimum absolute atomic E-state index is 0.0238. The van der Waals surface area contributed by atoms with Gasteiger partial charge < -0.3 is 19.1 Å². The van der Waals surface area contributed by atoms with E-state index in [1.165, 1.54) is 0 Å². The summed E-state index contributed by atoms with van der Waals surface area (Å²) in [5.41, 5.74) is 1.96. The van der Waals surface area contributed by atoms with Gasteiger partial charge in [-0.05, 0) is 50.8 Å². The Balaban J connectivity index is 1.69. The zero-order chi connectivity index (χ0) is 23.9. The van der Waals surface area contributed by atoms with E-state index in [2.05, 4.69) is 17.3 Å². The van der Waals surface area contributed by atoms with Crippen LogP contribution in [0, 0.1) is 6.92 Å². The number of fused-ring (bicyclic) bond motifs is 1. The first kappa shape index (κ1) is 23.5. The molecule has 4 rings (SSSR count). The third-order valence-electron chi connectivity index (χ3n) is 6.16. The zero-order valence-electron chi connectivity index (χ0n) is 19.8. The number of hydrogen-bond acceptors (Lipinski definition) is 5. The van der Waals surface area contributed by atoms with Crippen LogP contribution in [-0.2, 0) is 6.42 Å². The molecule has 1 aliphatic heterocycles. The fourth-order valence-corrected chi connectivity index (χ4v) is 4.32. The quantitative estimate of drug-likeness (QED) is 0.577. The van der Waals surface area contributed by atoms with Crippen molar-refractivity contribution in [3.05, 3.63) is 83.2 Å². The Kier molecular flexibility index (Phi) is 7.62. The van der Waals surface area contributed by atoms with Crippen molar-refractivity contribution in [3.63, 3.8) is 0 Å². The average Bonchev–Trinajstić information content (AvgIpc) is 3.30. The molecule has 1 aliphatic rings. The SMILES string of the molecule is CCN1CCCCN(C(=O)c2cc(C)on2)[C@H](Cc2ccccc2)COc2ccccc2C1=O. The van der Waals surface area contributed by atoms with Gasteiger partial charge in [-0.25, -0.2) is 0 Å². The van der Waals surface area contributed by atoms with Crippen LogP contribution in [0.25, 0.3) is 0 Å². The molecule has 7 nitrogen and oxygen atoms in total. The van der Waals surface area contributed by atoms with Crippen LogP contribution in [-0.4, -0.2) is 59.1 Å². The molecule has 34 heavy (non-hydrogen) atoms. The predicted molar refractivity (Wildman–Crippen MR) is 129 cm³/mol. The minimum atomic E-state index is -0.239. The van der Waals surface area contributed by atoms with Crippen molar-refractivity contribution in [3.8, 4) is 5.75 Å². The molecule has 0 bridgehead atoms. The Labute approximate surface area is 200 Å². The van der Waals surface area contributed by atoms with Crippen LogP contribution in [0.15, 0.2) is 65.2 Å². The second-order valence-electron chi connectivity index (χ2n) is 8.56. The summed E-state index contributed by atoms with van der Waals surface area (Å²) in [6.07, 6.45) is 2.18. The number of aryl methyl sites for hydroxylation is 1. The topological polar surface area (TPSA) is 75.9 Å². The molecule has 0 N–H and O–H groups in total. The van der Waals surface area contributed by atoms with E-state index in [1.54, 1.807) is 19.1 Å². The van der Waals surface area contributed by atoms with Crippen LogP contribution in [0.5, 0.6) is 5.75 Å². The van der Waals surface area contributed by atoms with Crippen LogP contribution >= 0.6 is 0 Å². The van der Waals surface area contributed by atoms with Gasteiger partial charge in [-0.2, -0.15) is 0 Å². The Morgan fingerprint density at radius 3 is 2.53 bits per heavy atom. The standard InChI is InChI=1S/C27H31N3O4/c1-3-29-15-9-10-16-30(27(32)24-17-20(2)34-28-24)22(18-21-11-5-4-6-12-21)19-33-25-14-8-7-13-23(25)26(29)31/h4-8,11-14,17,22H,3,9-10,15-16,18-19H2,1-2H3/t22-/m1/s1. The van der Waals surface area contributed by atoms with E-state index in [9.17, 15) is 9.59 Å². The molecule has 1 aromatic heterocycles. The molecule has 2 aromatic carbocycles. The summed E-state index contributed by atoms with van der Waals surface area (Å²) in [6.45, 7) is 5.79. The summed E-state index contributed by atoms with van der Waals surface area (Å²) in [5, 5.41) is 3.97. The largest absolute Gasteiger partial charge is 0.491 e. The molecule has 0 aliphatic carbocycles. The number of amides is 2. The van der Waals surface area contributed by atoms with Gasteiger partial charge in [0.1, 0.15) is 18.1 Å². The summed E-state index contributed by atoms with van der Waals surface area (Å²) in [4.78, 5) is 30.4. The molecule has 0 spiro atoms. The predicted octanol–water partition coefficient (Wildman–Crippen LogP) is 4.37. The smallest absolute Gasteiger partial charge is 0.276 e. The summed E-state index contributed by atoms with van der Waals surface area (Å²) >= 11 is 0. The molecule has 0 radical (unpaired) electrons. The van der Waals surface area contributed by atoms with Crippen molar-refractivity contribution in [1.29, 1.82) is 0 Å². The lowest BCUT2D eigenvalue weighted by molar-refractivity contribution is 0.0577. The molecule has 0 fully saturated rings. The maximum atomic E-state index is 13.5. The number of hydrogen-bond donors (Lipinski definition) is 0. The van der Waals surface area contributed by atoms with Crippen molar-refractivity contribution in [1.82, 2.24) is 15.0 Å². The fourth-order valence-electron chi connectivity index (χ4n) is 4.32. The van der Waals surface area contributed by atoms with Crippen LogP contribution in [0.2, 0.25) is 0 Å². The molecule has 2 heterocycles. The van der Waals surface area contributed by atoms with Gasteiger partial charge in [0.15, 0.2) is 5.69 Å². The van der Waals surface area contributed by atoms with E-state index in [1.807, 2.05) is 53.1 Å². The molecule has 0 unspecified atom stereocenters. The van der Waals surface area contributed by atoms with Crippen molar-refractivity contribution >= 4 is 11.8 Å². The maximum Gasteiger partial charge on any atom is 0.276 e. The van der Waals surface area contributed by atoms with Gasteiger partial charge in [0.25, 0.3) is 11.8 Å². The molecule has 178 valence electrons. The van der Waals surface area contributed by atoms with E-state index in [0.717, 1.165) is 18.4 Å². The Bertz CT molecular complexity index is 1110. The highest BCUT2D eigenvalue weighted by atomic mass is 16.5. The first-order valence-corrected chi connectivity index (χ1v) is 11.9. The van der Waals surface area contributed by atoms with Gasteiger partial charge in [-0.15, -0.1) is 0 Å². The summed E-state index contributed by atoms with van der Waals surface area (Å²) < 4.78 is 11.4. The van der Waals surface area contributed by atoms with Crippen LogP contribution in [0.3, 0.4) is 0 Å². The number of aromatic nitrogens is 1. The number of para-hydroxylation sites is 1. The van der Waals surface area contributed by atoms with Gasteiger partial charge >= 0.3 is 0 Å². The fraction of sp³-hybridized carbons (Fsp3) is 0.370. The van der Waals surface area contributed by atoms with Gasteiger partial charge in [0.2, 0.25) is 0 Å². The summed E-state index contributed by atoms with van der Waals surface area (Å²) in [5.74, 6) is 0.938. The van der Waals surface area contributed by atoms with E-state index >= 15 is 0 Å². The molecule has 7 heteroatoms. The zero-order valence-corrected chi connectivity index (χ0v) is 19.8. The molecule has 0 saturated carbocycles. The van der Waals surface area contributed by atoms with Crippen LogP contribution < -0.4 is 4.74 Å². The van der Waals surface area contributed by atoms with Crippen molar-refractivity contribution in [2.75, 3.05) is 26.2 Å². The second kappa shape index (κ2) is 11.0. The third-order valence-corrected chi connectivity index (χ3v) is 6.16. The van der Waals surface area contributed by atoms with Gasteiger partial charge in [0.05, 0.1) is 11.6 Å². The number of rotatable bonds is 4. The van der Waals surface area contributed by atoms with E-state index in [-0.39, 0.29) is 24.5 Å². The number of benzene rings is 2. The highest BCUT2D eigenvalue weighted by Gasteiger charge is 2.29. The van der Waals surface area contributed by atoms with Crippen LogP contribution in [0.4, 0.5) is 0 Å². The summed E-state index contributed by atoms with van der Waals surface area (Å²) in [6, 6.07) is 18.8. The first-order valence-electron chi connectivity index (χ1n) is 11.9. The lowest BCUT2D eigenvalue weighted by Gasteiger charge is -2.33. The number of nitrogens with zero attached hydrogens (tertiary/aromatic N) is 3. The van der Waals surface area contributed by atoms with E-state index in [0.29, 0.717) is 48.8 Å². The first-order chi connectivity index (χ1) is 16.6. The molecule has 0 saturated heterocycles. The van der Waals surface area contributed by atoms with Crippen molar-refractivity contribution in [2.45, 2.75) is 39.2 Å². The Morgan fingerprint density at radius 1 is 1.06 bits per heavy atom.